The molecular weight excluding hydrogens is 572 g/mol. The van der Waals surface area contributed by atoms with Crippen LogP contribution in [0.1, 0.15) is 6.92 Å². The minimum atomic E-state index is -0.912. The van der Waals surface area contributed by atoms with Crippen LogP contribution in [-0.2, 0) is 28.8 Å². The van der Waals surface area contributed by atoms with E-state index in [0.29, 0.717) is 58.9 Å². The highest BCUT2D eigenvalue weighted by Gasteiger charge is 2.16. The predicted octanol–water partition coefficient (Wildman–Crippen LogP) is -5.59. The molecule has 3 amide bonds. The van der Waals surface area contributed by atoms with Crippen LogP contribution in [0.15, 0.2) is 0 Å². The molecule has 250 valence electrons. The third-order valence-corrected chi connectivity index (χ3v) is 5.64. The summed E-state index contributed by atoms with van der Waals surface area (Å²) in [6, 6.07) is -0.357. The molecule has 1 atom stereocenters. The van der Waals surface area contributed by atoms with Crippen molar-refractivity contribution in [1.29, 1.82) is 0 Å². The molecule has 1 heterocycles. The normalized spacial score (nSPS) is 15.8. The summed E-state index contributed by atoms with van der Waals surface area (Å²) in [6.07, 6.45) is 0.849. The lowest BCUT2D eigenvalue weighted by Crippen LogP contribution is -2.47. The molecule has 0 aromatic carbocycles. The molecular formula is C25H50N8O10. The number of aliphatic hydroxyl groups excluding tert-OH is 2. The Bertz CT molecular complexity index is 821. The van der Waals surface area contributed by atoms with Gasteiger partial charge in [-0.3, -0.25) is 38.7 Å². The number of aldehydes is 1. The largest absolute Gasteiger partial charge is 0.480 e. The van der Waals surface area contributed by atoms with E-state index in [1.807, 2.05) is 4.90 Å². The summed E-state index contributed by atoms with van der Waals surface area (Å²) in [5, 5.41) is 46.7. The molecule has 1 aliphatic rings. The van der Waals surface area contributed by atoms with Crippen molar-refractivity contribution in [3.05, 3.63) is 0 Å². The van der Waals surface area contributed by atoms with Crippen LogP contribution in [0.5, 0.6) is 0 Å². The molecule has 0 aromatic heterocycles. The SMILES string of the molecule is CNCC(=O)NCC(=O)NCC(=O)NC(C)CO.CO.O=CCN1CCNCCN(CC(=O)O)CCN(CC(=O)O)CC1. The van der Waals surface area contributed by atoms with Gasteiger partial charge in [-0.1, -0.05) is 0 Å². The number of amides is 3. The van der Waals surface area contributed by atoms with E-state index in [-0.39, 0.29) is 51.3 Å². The summed E-state index contributed by atoms with van der Waals surface area (Å²) >= 11 is 0. The lowest BCUT2D eigenvalue weighted by Gasteiger charge is -2.29. The maximum Gasteiger partial charge on any atom is 0.317 e. The maximum atomic E-state index is 11.2. The molecule has 1 fully saturated rings. The fourth-order valence-corrected chi connectivity index (χ4v) is 3.50. The monoisotopic (exact) mass is 622 g/mol. The first-order valence-corrected chi connectivity index (χ1v) is 13.8. The Morgan fingerprint density at radius 3 is 1.67 bits per heavy atom. The van der Waals surface area contributed by atoms with E-state index in [1.54, 1.807) is 23.8 Å². The highest BCUT2D eigenvalue weighted by Crippen LogP contribution is 1.97. The van der Waals surface area contributed by atoms with Crippen molar-refractivity contribution in [2.45, 2.75) is 13.0 Å². The molecule has 1 rings (SSSR count). The van der Waals surface area contributed by atoms with Crippen molar-refractivity contribution >= 4 is 35.9 Å². The fraction of sp³-hybridized carbons (Fsp3) is 0.760. The Kier molecular flexibility index (Phi) is 26.8. The molecule has 0 saturated carbocycles. The molecule has 0 aromatic rings. The van der Waals surface area contributed by atoms with Crippen LogP contribution >= 0.6 is 0 Å². The smallest absolute Gasteiger partial charge is 0.317 e. The Morgan fingerprint density at radius 2 is 1.21 bits per heavy atom. The van der Waals surface area contributed by atoms with Gasteiger partial charge >= 0.3 is 11.9 Å². The predicted molar refractivity (Wildman–Crippen MR) is 156 cm³/mol. The lowest BCUT2D eigenvalue weighted by molar-refractivity contribution is -0.140. The highest BCUT2D eigenvalue weighted by molar-refractivity contribution is 5.88. The first-order chi connectivity index (χ1) is 20.5. The van der Waals surface area contributed by atoms with Gasteiger partial charge in [0.25, 0.3) is 0 Å². The van der Waals surface area contributed by atoms with E-state index in [9.17, 15) is 28.8 Å². The Labute approximate surface area is 252 Å². The molecule has 0 aliphatic carbocycles. The molecule has 18 nitrogen and oxygen atoms in total. The average molecular weight is 623 g/mol. The van der Waals surface area contributed by atoms with Gasteiger partial charge in [0.1, 0.15) is 6.29 Å². The summed E-state index contributed by atoms with van der Waals surface area (Å²) in [5.41, 5.74) is 0. The first kappa shape index (κ1) is 41.9. The molecule has 0 bridgehead atoms. The van der Waals surface area contributed by atoms with Crippen molar-refractivity contribution in [3.63, 3.8) is 0 Å². The van der Waals surface area contributed by atoms with Crippen LogP contribution in [0.4, 0.5) is 0 Å². The van der Waals surface area contributed by atoms with E-state index >= 15 is 0 Å². The van der Waals surface area contributed by atoms with Crippen LogP contribution < -0.4 is 26.6 Å². The van der Waals surface area contributed by atoms with Crippen molar-refractivity contribution in [1.82, 2.24) is 41.3 Å². The van der Waals surface area contributed by atoms with E-state index in [0.717, 1.165) is 13.4 Å². The number of nitrogens with zero attached hydrogens (tertiary/aromatic N) is 3. The third kappa shape index (κ3) is 26.1. The minimum absolute atomic E-state index is 0.0557. The number of carbonyl (C=O) groups is 6. The number of nitrogens with one attached hydrogen (secondary N) is 5. The van der Waals surface area contributed by atoms with Gasteiger partial charge in [-0.15, -0.1) is 0 Å². The van der Waals surface area contributed by atoms with Gasteiger partial charge in [-0.25, -0.2) is 0 Å². The number of carboxylic acids is 2. The van der Waals surface area contributed by atoms with Gasteiger partial charge in [-0.2, -0.15) is 0 Å². The lowest BCUT2D eigenvalue weighted by atomic mass is 10.3. The standard InChI is InChI=1S/C14H26N4O5.C10H20N4O4.CH4O/c19-10-9-16-3-1-15-2-4-17(11-13(20)21)7-8-18(6-5-16)12-14(22)23;1-7(6-15)14-10(18)5-13-9(17)4-12-8(16)3-11-2;1-2/h10,15H,1-9,11-12H2,(H,20,21)(H,22,23);7,11,15H,3-6H2,1-2H3,(H,12,16)(H,13,17)(H,14,18);2H,1H3. The van der Waals surface area contributed by atoms with Crippen LogP contribution in [0.3, 0.4) is 0 Å². The van der Waals surface area contributed by atoms with Gasteiger partial charge in [0.15, 0.2) is 0 Å². The summed E-state index contributed by atoms with van der Waals surface area (Å²) in [4.78, 5) is 71.6. The average Bonchev–Trinajstić information content (AvgIpc) is 2.96. The number of hydrogen-bond donors (Lipinski definition) is 9. The van der Waals surface area contributed by atoms with Crippen molar-refractivity contribution < 1.29 is 49.2 Å². The Hall–Kier alpha value is -3.26. The van der Waals surface area contributed by atoms with Crippen LogP contribution in [0.25, 0.3) is 0 Å². The van der Waals surface area contributed by atoms with Gasteiger partial charge in [0, 0.05) is 65.5 Å². The molecule has 1 saturated heterocycles. The number of hydrogen-bond acceptors (Lipinski definition) is 13. The van der Waals surface area contributed by atoms with Gasteiger partial charge in [0.2, 0.25) is 17.7 Å². The zero-order chi connectivity index (χ0) is 33.0. The first-order valence-electron chi connectivity index (χ1n) is 13.8. The van der Waals surface area contributed by atoms with Crippen molar-refractivity contribution in [3.8, 4) is 0 Å². The molecule has 9 N–H and O–H groups in total. The topological polar surface area (TPSA) is 253 Å². The van der Waals surface area contributed by atoms with Crippen molar-refractivity contribution in [2.24, 2.45) is 0 Å². The Balaban J connectivity index is 0. The highest BCUT2D eigenvalue weighted by atomic mass is 16.4. The Morgan fingerprint density at radius 1 is 0.767 bits per heavy atom. The van der Waals surface area contributed by atoms with Crippen molar-refractivity contribution in [2.75, 3.05) is 112 Å². The van der Waals surface area contributed by atoms with Gasteiger partial charge in [-0.05, 0) is 14.0 Å². The van der Waals surface area contributed by atoms with E-state index in [4.69, 9.17) is 20.4 Å². The van der Waals surface area contributed by atoms with Crippen LogP contribution in [-0.4, -0.2) is 190 Å². The minimum Gasteiger partial charge on any atom is -0.480 e. The van der Waals surface area contributed by atoms with E-state index in [2.05, 4.69) is 26.6 Å². The van der Waals surface area contributed by atoms with Crippen LogP contribution in [0, 0.1) is 0 Å². The second kappa shape index (κ2) is 27.6. The summed E-state index contributed by atoms with van der Waals surface area (Å²) < 4.78 is 0. The molecule has 18 heteroatoms. The summed E-state index contributed by atoms with van der Waals surface area (Å²) in [7, 11) is 2.62. The number of carboxylic acid groups (broad SMARTS) is 2. The second-order valence-electron chi connectivity index (χ2n) is 9.29. The van der Waals surface area contributed by atoms with Crippen LogP contribution in [0.2, 0.25) is 0 Å². The zero-order valence-electron chi connectivity index (χ0n) is 25.3. The summed E-state index contributed by atoms with van der Waals surface area (Å²) in [5.74, 6) is -2.95. The number of rotatable bonds is 14. The number of carbonyl (C=O) groups excluding carboxylic acids is 4. The molecule has 0 spiro atoms. The molecule has 43 heavy (non-hydrogen) atoms. The number of aliphatic hydroxyl groups is 2. The van der Waals surface area contributed by atoms with Gasteiger partial charge < -0.3 is 51.8 Å². The van der Waals surface area contributed by atoms with Gasteiger partial charge in [0.05, 0.1) is 45.9 Å². The zero-order valence-corrected chi connectivity index (χ0v) is 25.3. The molecule has 0 radical (unpaired) electrons. The molecule has 1 unspecified atom stereocenters. The number of likely N-dealkylation sites (N-methyl/N-ethyl adjacent to an activating group) is 1. The van der Waals surface area contributed by atoms with E-state index in [1.165, 1.54) is 0 Å². The third-order valence-electron chi connectivity index (χ3n) is 5.64. The second-order valence-corrected chi connectivity index (χ2v) is 9.29. The summed E-state index contributed by atoms with van der Waals surface area (Å²) in [6.45, 7) is 6.15. The molecule has 1 aliphatic heterocycles. The maximum absolute atomic E-state index is 11.2. The number of aliphatic carboxylic acids is 2. The van der Waals surface area contributed by atoms with E-state index < -0.39 is 23.8 Å². The fourth-order valence-electron chi connectivity index (χ4n) is 3.50. The quantitative estimate of drug-likeness (QED) is 0.0819.